The second kappa shape index (κ2) is 4.02. The summed E-state index contributed by atoms with van der Waals surface area (Å²) in [5.74, 6) is 0.703. The Kier molecular flexibility index (Phi) is 2.66. The highest BCUT2D eigenvalue weighted by molar-refractivity contribution is 6.30. The first-order chi connectivity index (χ1) is 7.75. The second-order valence-corrected chi connectivity index (χ2v) is 5.39. The third-order valence-corrected chi connectivity index (χ3v) is 4.30. The van der Waals surface area contributed by atoms with Gasteiger partial charge in [0.15, 0.2) is 0 Å². The molecule has 2 N–H and O–H groups in total. The van der Waals surface area contributed by atoms with Crippen LogP contribution in [0.1, 0.15) is 24.4 Å². The van der Waals surface area contributed by atoms with Crippen LogP contribution in [0.4, 0.5) is 0 Å². The summed E-state index contributed by atoms with van der Waals surface area (Å²) in [7, 11) is 0. The maximum atomic E-state index is 6.36. The number of hydrogen-bond donors (Lipinski definition) is 1. The van der Waals surface area contributed by atoms with Gasteiger partial charge in [0, 0.05) is 11.1 Å². The molecular formula is C13H17ClN2. The van der Waals surface area contributed by atoms with E-state index >= 15 is 0 Å². The standard InChI is InChI=1S/C13H17ClN2/c14-11-3-1-2-10(8-11)13-12(15)9-4-6-16(13)7-5-9/h1-3,8-9,12-13H,4-7,15H2. The van der Waals surface area contributed by atoms with Crippen molar-refractivity contribution in [3.05, 3.63) is 34.9 Å². The fourth-order valence-electron chi connectivity index (χ4n) is 3.21. The third-order valence-electron chi connectivity index (χ3n) is 4.07. The monoisotopic (exact) mass is 236 g/mol. The predicted molar refractivity (Wildman–Crippen MR) is 66.5 cm³/mol. The summed E-state index contributed by atoms with van der Waals surface area (Å²) in [6, 6.07) is 8.82. The highest BCUT2D eigenvalue weighted by Gasteiger charge is 2.40. The largest absolute Gasteiger partial charge is 0.326 e. The van der Waals surface area contributed by atoms with Crippen molar-refractivity contribution in [1.82, 2.24) is 4.90 Å². The van der Waals surface area contributed by atoms with E-state index in [-0.39, 0.29) is 6.04 Å². The number of nitrogens with zero attached hydrogens (tertiary/aromatic N) is 1. The van der Waals surface area contributed by atoms with E-state index in [1.807, 2.05) is 12.1 Å². The molecule has 0 aromatic heterocycles. The molecule has 3 aliphatic heterocycles. The van der Waals surface area contributed by atoms with Crippen molar-refractivity contribution in [2.24, 2.45) is 11.7 Å². The minimum Gasteiger partial charge on any atom is -0.326 e. The summed E-state index contributed by atoms with van der Waals surface area (Å²) >= 11 is 6.05. The molecule has 16 heavy (non-hydrogen) atoms. The van der Waals surface area contributed by atoms with Crippen LogP contribution in [0.5, 0.6) is 0 Å². The second-order valence-electron chi connectivity index (χ2n) is 4.95. The molecule has 3 saturated heterocycles. The van der Waals surface area contributed by atoms with Crippen molar-refractivity contribution < 1.29 is 0 Å². The van der Waals surface area contributed by atoms with E-state index in [0.29, 0.717) is 12.0 Å². The molecule has 2 atom stereocenters. The smallest absolute Gasteiger partial charge is 0.0502 e. The highest BCUT2D eigenvalue weighted by Crippen LogP contribution is 2.39. The number of nitrogens with two attached hydrogens (primary N) is 1. The summed E-state index contributed by atoms with van der Waals surface area (Å²) in [6.07, 6.45) is 2.52. The third kappa shape index (κ3) is 1.65. The summed E-state index contributed by atoms with van der Waals surface area (Å²) in [6.45, 7) is 2.38. The van der Waals surface area contributed by atoms with E-state index in [1.54, 1.807) is 0 Å². The molecule has 1 aromatic rings. The van der Waals surface area contributed by atoms with E-state index in [1.165, 1.54) is 31.5 Å². The van der Waals surface area contributed by atoms with Gasteiger partial charge in [-0.3, -0.25) is 4.90 Å². The molecule has 3 heterocycles. The van der Waals surface area contributed by atoms with Gasteiger partial charge in [0.05, 0.1) is 6.04 Å². The summed E-state index contributed by atoms with van der Waals surface area (Å²) in [5, 5.41) is 0.812. The minimum absolute atomic E-state index is 0.279. The molecule has 4 rings (SSSR count). The van der Waals surface area contributed by atoms with Gasteiger partial charge in [-0.2, -0.15) is 0 Å². The minimum atomic E-state index is 0.279. The molecular weight excluding hydrogens is 220 g/mol. The zero-order chi connectivity index (χ0) is 11.1. The van der Waals surface area contributed by atoms with E-state index in [2.05, 4.69) is 17.0 Å². The molecule has 3 aliphatic rings. The first-order valence-electron chi connectivity index (χ1n) is 6.01. The molecule has 0 saturated carbocycles. The van der Waals surface area contributed by atoms with Gasteiger partial charge in [-0.15, -0.1) is 0 Å². The Morgan fingerprint density at radius 1 is 1.25 bits per heavy atom. The van der Waals surface area contributed by atoms with E-state index in [4.69, 9.17) is 17.3 Å². The molecule has 2 unspecified atom stereocenters. The average molecular weight is 237 g/mol. The summed E-state index contributed by atoms with van der Waals surface area (Å²) < 4.78 is 0. The number of benzene rings is 1. The first kappa shape index (κ1) is 10.6. The van der Waals surface area contributed by atoms with Crippen molar-refractivity contribution >= 4 is 11.6 Å². The van der Waals surface area contributed by atoms with Crippen molar-refractivity contribution in [3.63, 3.8) is 0 Å². The van der Waals surface area contributed by atoms with Gasteiger partial charge in [-0.1, -0.05) is 23.7 Å². The number of hydrogen-bond acceptors (Lipinski definition) is 2. The van der Waals surface area contributed by atoms with Crippen LogP contribution >= 0.6 is 11.6 Å². The lowest BCUT2D eigenvalue weighted by atomic mass is 9.77. The number of rotatable bonds is 1. The van der Waals surface area contributed by atoms with Crippen LogP contribution in [0.3, 0.4) is 0 Å². The molecule has 2 bridgehead atoms. The number of halogens is 1. The summed E-state index contributed by atoms with van der Waals surface area (Å²) in [5.41, 5.74) is 7.64. The van der Waals surface area contributed by atoms with E-state index in [0.717, 1.165) is 5.02 Å². The maximum absolute atomic E-state index is 6.36. The Labute approximate surface area is 101 Å². The quantitative estimate of drug-likeness (QED) is 0.812. The maximum Gasteiger partial charge on any atom is 0.0502 e. The van der Waals surface area contributed by atoms with E-state index < -0.39 is 0 Å². The summed E-state index contributed by atoms with van der Waals surface area (Å²) in [4.78, 5) is 2.51. The van der Waals surface area contributed by atoms with Crippen LogP contribution in [0.2, 0.25) is 5.02 Å². The molecule has 0 amide bonds. The fourth-order valence-corrected chi connectivity index (χ4v) is 3.41. The van der Waals surface area contributed by atoms with Crippen LogP contribution in [-0.4, -0.2) is 24.0 Å². The zero-order valence-electron chi connectivity index (χ0n) is 9.27. The molecule has 0 radical (unpaired) electrons. The SMILES string of the molecule is NC1C2CCN(CC2)C1c1cccc(Cl)c1. The van der Waals surface area contributed by atoms with Crippen LogP contribution in [0.15, 0.2) is 24.3 Å². The van der Waals surface area contributed by atoms with Crippen molar-refractivity contribution in [3.8, 4) is 0 Å². The molecule has 2 nitrogen and oxygen atoms in total. The lowest BCUT2D eigenvalue weighted by molar-refractivity contribution is 0.0276. The zero-order valence-corrected chi connectivity index (χ0v) is 10.0. The van der Waals surface area contributed by atoms with Crippen molar-refractivity contribution in [1.29, 1.82) is 0 Å². The molecule has 0 aliphatic carbocycles. The Morgan fingerprint density at radius 3 is 2.62 bits per heavy atom. The topological polar surface area (TPSA) is 29.3 Å². The number of piperidine rings is 3. The van der Waals surface area contributed by atoms with Crippen LogP contribution in [0, 0.1) is 5.92 Å². The molecule has 0 spiro atoms. The Hall–Kier alpha value is -0.570. The van der Waals surface area contributed by atoms with Crippen molar-refractivity contribution in [2.75, 3.05) is 13.1 Å². The first-order valence-corrected chi connectivity index (χ1v) is 6.38. The van der Waals surface area contributed by atoms with Gasteiger partial charge < -0.3 is 5.73 Å². The van der Waals surface area contributed by atoms with Gasteiger partial charge in [-0.05, 0) is 49.5 Å². The molecule has 3 heteroatoms. The highest BCUT2D eigenvalue weighted by atomic mass is 35.5. The van der Waals surface area contributed by atoms with Gasteiger partial charge in [0.2, 0.25) is 0 Å². The van der Waals surface area contributed by atoms with Gasteiger partial charge >= 0.3 is 0 Å². The van der Waals surface area contributed by atoms with Gasteiger partial charge in [0.25, 0.3) is 0 Å². The van der Waals surface area contributed by atoms with Crippen LogP contribution in [0.25, 0.3) is 0 Å². The van der Waals surface area contributed by atoms with Crippen LogP contribution in [-0.2, 0) is 0 Å². The Bertz CT molecular complexity index is 383. The van der Waals surface area contributed by atoms with Crippen LogP contribution < -0.4 is 5.73 Å². The average Bonchev–Trinajstić information content (AvgIpc) is 2.30. The lowest BCUT2D eigenvalue weighted by Gasteiger charge is -2.49. The normalized spacial score (nSPS) is 37.6. The Balaban J connectivity index is 1.94. The molecule has 86 valence electrons. The lowest BCUT2D eigenvalue weighted by Crippen LogP contribution is -2.56. The van der Waals surface area contributed by atoms with E-state index in [9.17, 15) is 0 Å². The van der Waals surface area contributed by atoms with Gasteiger partial charge in [-0.25, -0.2) is 0 Å². The predicted octanol–water partition coefficient (Wildman–Crippen LogP) is 2.43. The molecule has 1 aromatic carbocycles. The van der Waals surface area contributed by atoms with Gasteiger partial charge in [0.1, 0.15) is 0 Å². The molecule has 3 fully saturated rings. The number of fused-ring (bicyclic) bond motifs is 3. The van der Waals surface area contributed by atoms with Crippen molar-refractivity contribution in [2.45, 2.75) is 24.9 Å². The fraction of sp³-hybridized carbons (Fsp3) is 0.538. The Morgan fingerprint density at radius 2 is 2.00 bits per heavy atom.